The molecular weight excluding hydrogens is 343 g/mol. The summed E-state index contributed by atoms with van der Waals surface area (Å²) in [6.45, 7) is 3.91. The van der Waals surface area contributed by atoms with E-state index in [0.29, 0.717) is 17.7 Å². The van der Waals surface area contributed by atoms with Gasteiger partial charge in [0.15, 0.2) is 0 Å². The highest BCUT2D eigenvalue weighted by molar-refractivity contribution is 7.89. The Kier molecular flexibility index (Phi) is 6.44. The molecule has 2 rings (SSSR count). The third-order valence-electron chi connectivity index (χ3n) is 3.48. The van der Waals surface area contributed by atoms with E-state index in [1.165, 1.54) is 30.3 Å². The normalized spacial score (nSPS) is 11.1. The molecule has 0 aliphatic rings. The summed E-state index contributed by atoms with van der Waals surface area (Å²) in [6, 6.07) is 11.8. The second kappa shape index (κ2) is 8.55. The van der Waals surface area contributed by atoms with E-state index in [0.717, 1.165) is 0 Å². The van der Waals surface area contributed by atoms with Gasteiger partial charge in [-0.1, -0.05) is 24.3 Å². The van der Waals surface area contributed by atoms with E-state index in [4.69, 9.17) is 0 Å². The number of carbonyl (C=O) groups is 1. The van der Waals surface area contributed by atoms with Crippen LogP contribution in [0.2, 0.25) is 0 Å². The Bertz CT molecular complexity index is 849. The second-order valence-electron chi connectivity index (χ2n) is 5.26. The molecule has 0 aliphatic heterocycles. The highest BCUT2D eigenvalue weighted by Gasteiger charge is 2.14. The van der Waals surface area contributed by atoms with Crippen LogP contribution in [0, 0.1) is 5.82 Å². The van der Waals surface area contributed by atoms with Crippen LogP contribution in [0.5, 0.6) is 0 Å². The van der Waals surface area contributed by atoms with Gasteiger partial charge >= 0.3 is 0 Å². The summed E-state index contributed by atoms with van der Waals surface area (Å²) < 4.78 is 40.4. The number of nitrogens with one attached hydrogen (secondary N) is 2. The molecule has 0 saturated carbocycles. The van der Waals surface area contributed by atoms with Crippen LogP contribution in [0.1, 0.15) is 15.9 Å². The predicted octanol–water partition coefficient (Wildman–Crippen LogP) is 2.26. The van der Waals surface area contributed by atoms with Crippen LogP contribution in [0.4, 0.5) is 4.39 Å². The molecule has 0 spiro atoms. The Morgan fingerprint density at radius 2 is 1.80 bits per heavy atom. The van der Waals surface area contributed by atoms with E-state index in [1.807, 2.05) is 0 Å². The van der Waals surface area contributed by atoms with Crippen molar-refractivity contribution in [3.63, 3.8) is 0 Å². The fraction of sp³-hybridized carbons (Fsp3) is 0.167. The lowest BCUT2D eigenvalue weighted by molar-refractivity contribution is 0.0958. The zero-order valence-electron chi connectivity index (χ0n) is 13.5. The van der Waals surface area contributed by atoms with Gasteiger partial charge in [0.1, 0.15) is 5.82 Å². The fourth-order valence-electron chi connectivity index (χ4n) is 2.16. The standard InChI is InChI=1S/C18H19FN2O3S/c1-2-12-20-18(22)15-7-9-16(10-8-15)25(23,24)21-13-11-14-5-3-4-6-17(14)19/h2-10,21H,1,11-13H2,(H,20,22). The molecule has 0 unspecified atom stereocenters. The first-order valence-corrected chi connectivity index (χ1v) is 9.14. The molecule has 1 amide bonds. The average molecular weight is 362 g/mol. The number of hydrogen-bond acceptors (Lipinski definition) is 3. The molecule has 0 bridgehead atoms. The van der Waals surface area contributed by atoms with Gasteiger partial charge in [-0.2, -0.15) is 0 Å². The number of halogens is 1. The molecule has 2 N–H and O–H groups in total. The minimum Gasteiger partial charge on any atom is -0.349 e. The van der Waals surface area contributed by atoms with Crippen LogP contribution in [-0.4, -0.2) is 27.4 Å². The molecule has 7 heteroatoms. The van der Waals surface area contributed by atoms with Crippen LogP contribution in [0.25, 0.3) is 0 Å². The van der Waals surface area contributed by atoms with Crippen molar-refractivity contribution >= 4 is 15.9 Å². The van der Waals surface area contributed by atoms with Gasteiger partial charge in [-0.3, -0.25) is 4.79 Å². The van der Waals surface area contributed by atoms with Gasteiger partial charge in [-0.15, -0.1) is 6.58 Å². The third-order valence-corrected chi connectivity index (χ3v) is 4.95. The molecule has 0 fully saturated rings. The molecule has 132 valence electrons. The van der Waals surface area contributed by atoms with Crippen LogP contribution in [0.15, 0.2) is 66.1 Å². The van der Waals surface area contributed by atoms with E-state index >= 15 is 0 Å². The zero-order chi connectivity index (χ0) is 18.3. The summed E-state index contributed by atoms with van der Waals surface area (Å²) in [6.07, 6.45) is 1.80. The van der Waals surface area contributed by atoms with Gasteiger partial charge in [0.2, 0.25) is 10.0 Å². The van der Waals surface area contributed by atoms with E-state index < -0.39 is 10.0 Å². The second-order valence-corrected chi connectivity index (χ2v) is 7.03. The van der Waals surface area contributed by atoms with Crippen molar-refractivity contribution in [2.45, 2.75) is 11.3 Å². The van der Waals surface area contributed by atoms with Crippen molar-refractivity contribution in [1.82, 2.24) is 10.0 Å². The van der Waals surface area contributed by atoms with Gasteiger partial charge in [0.05, 0.1) is 4.90 Å². The molecule has 0 saturated heterocycles. The number of sulfonamides is 1. The van der Waals surface area contributed by atoms with Crippen molar-refractivity contribution in [3.05, 3.63) is 78.1 Å². The van der Waals surface area contributed by atoms with Crippen LogP contribution in [-0.2, 0) is 16.4 Å². The quantitative estimate of drug-likeness (QED) is 0.708. The first-order valence-electron chi connectivity index (χ1n) is 7.66. The van der Waals surface area contributed by atoms with Gasteiger partial charge < -0.3 is 5.32 Å². The minimum absolute atomic E-state index is 0.0429. The van der Waals surface area contributed by atoms with Crippen molar-refractivity contribution < 1.29 is 17.6 Å². The van der Waals surface area contributed by atoms with Gasteiger partial charge in [-0.05, 0) is 42.3 Å². The highest BCUT2D eigenvalue weighted by atomic mass is 32.2. The van der Waals surface area contributed by atoms with Crippen molar-refractivity contribution in [2.24, 2.45) is 0 Å². The summed E-state index contributed by atoms with van der Waals surface area (Å²) in [5.41, 5.74) is 0.798. The Hall–Kier alpha value is -2.51. The van der Waals surface area contributed by atoms with Gasteiger partial charge in [0.25, 0.3) is 5.91 Å². The lowest BCUT2D eigenvalue weighted by Gasteiger charge is -2.08. The molecule has 0 aromatic heterocycles. The van der Waals surface area contributed by atoms with Gasteiger partial charge in [-0.25, -0.2) is 17.5 Å². The SMILES string of the molecule is C=CCNC(=O)c1ccc(S(=O)(=O)NCCc2ccccc2F)cc1. The van der Waals surface area contributed by atoms with Gasteiger partial charge in [0, 0.05) is 18.7 Å². The number of hydrogen-bond donors (Lipinski definition) is 2. The number of benzene rings is 2. The topological polar surface area (TPSA) is 75.3 Å². The van der Waals surface area contributed by atoms with Crippen molar-refractivity contribution in [1.29, 1.82) is 0 Å². The monoisotopic (exact) mass is 362 g/mol. The molecular formula is C18H19FN2O3S. The number of amides is 1. The fourth-order valence-corrected chi connectivity index (χ4v) is 3.19. The molecule has 25 heavy (non-hydrogen) atoms. The maximum Gasteiger partial charge on any atom is 0.251 e. The van der Waals surface area contributed by atoms with E-state index in [1.54, 1.807) is 24.3 Å². The van der Waals surface area contributed by atoms with E-state index in [-0.39, 0.29) is 29.6 Å². The number of carbonyl (C=O) groups excluding carboxylic acids is 1. The Morgan fingerprint density at radius 3 is 2.44 bits per heavy atom. The molecule has 0 heterocycles. The van der Waals surface area contributed by atoms with Crippen molar-refractivity contribution in [3.8, 4) is 0 Å². The molecule has 0 aliphatic carbocycles. The molecule has 0 radical (unpaired) electrons. The Morgan fingerprint density at radius 1 is 1.12 bits per heavy atom. The van der Waals surface area contributed by atoms with E-state index in [2.05, 4.69) is 16.6 Å². The highest BCUT2D eigenvalue weighted by Crippen LogP contribution is 2.11. The summed E-state index contributed by atoms with van der Waals surface area (Å²) in [5.74, 6) is -0.673. The Balaban J connectivity index is 1.98. The minimum atomic E-state index is -3.72. The molecule has 0 atom stereocenters. The maximum absolute atomic E-state index is 13.5. The van der Waals surface area contributed by atoms with Crippen LogP contribution >= 0.6 is 0 Å². The lowest BCUT2D eigenvalue weighted by atomic mass is 10.1. The maximum atomic E-state index is 13.5. The zero-order valence-corrected chi connectivity index (χ0v) is 14.4. The summed E-state index contributed by atoms with van der Waals surface area (Å²) >= 11 is 0. The summed E-state index contributed by atoms with van der Waals surface area (Å²) in [7, 11) is -3.72. The molecule has 5 nitrogen and oxygen atoms in total. The molecule has 2 aromatic rings. The summed E-state index contributed by atoms with van der Waals surface area (Å²) in [5, 5.41) is 2.61. The smallest absolute Gasteiger partial charge is 0.251 e. The third kappa shape index (κ3) is 5.23. The average Bonchev–Trinajstić information content (AvgIpc) is 2.61. The largest absolute Gasteiger partial charge is 0.349 e. The lowest BCUT2D eigenvalue weighted by Crippen LogP contribution is -2.26. The van der Waals surface area contributed by atoms with E-state index in [9.17, 15) is 17.6 Å². The first kappa shape index (κ1) is 18.8. The summed E-state index contributed by atoms with van der Waals surface area (Å²) in [4.78, 5) is 11.8. The Labute approximate surface area is 146 Å². The van der Waals surface area contributed by atoms with Crippen LogP contribution < -0.4 is 10.0 Å². The van der Waals surface area contributed by atoms with Crippen molar-refractivity contribution in [2.75, 3.05) is 13.1 Å². The number of rotatable bonds is 8. The van der Waals surface area contributed by atoms with Crippen LogP contribution in [0.3, 0.4) is 0 Å². The first-order chi connectivity index (χ1) is 11.9. The molecule has 2 aromatic carbocycles. The predicted molar refractivity (Wildman–Crippen MR) is 94.3 cm³/mol.